The van der Waals surface area contributed by atoms with Gasteiger partial charge in [-0.3, -0.25) is 0 Å². The molecule has 4 rings (SSSR count). The number of aromatic nitrogens is 4. The lowest BCUT2D eigenvalue weighted by Gasteiger charge is -2.07. The van der Waals surface area contributed by atoms with E-state index in [9.17, 15) is 13.2 Å². The fraction of sp³-hybridized carbons (Fsp3) is 0.211. The van der Waals surface area contributed by atoms with Gasteiger partial charge in [-0.1, -0.05) is 18.2 Å². The second kappa shape index (κ2) is 7.21. The standard InChI is InChI=1S/C19H17F3N6O/c1-29-14-4-2-3-13-16(14)26-18(23)28-17(13)25-15(27-28)10-24-9-11-5-7-12(8-6-11)19(20,21)22/h2-8,24H,9-10H2,1H3,(H2,23,26). The number of alkyl halides is 3. The highest BCUT2D eigenvalue weighted by Crippen LogP contribution is 2.29. The smallest absolute Gasteiger partial charge is 0.416 e. The second-order valence-corrected chi connectivity index (χ2v) is 6.39. The summed E-state index contributed by atoms with van der Waals surface area (Å²) in [6.45, 7) is 0.684. The van der Waals surface area contributed by atoms with Crippen molar-refractivity contribution in [2.24, 2.45) is 0 Å². The van der Waals surface area contributed by atoms with Gasteiger partial charge in [0.15, 0.2) is 11.5 Å². The summed E-state index contributed by atoms with van der Waals surface area (Å²) in [5.74, 6) is 1.25. The number of benzene rings is 2. The molecule has 0 radical (unpaired) electrons. The molecule has 0 aliphatic rings. The second-order valence-electron chi connectivity index (χ2n) is 6.39. The van der Waals surface area contributed by atoms with Gasteiger partial charge in [-0.15, -0.1) is 5.10 Å². The van der Waals surface area contributed by atoms with E-state index in [-0.39, 0.29) is 5.95 Å². The van der Waals surface area contributed by atoms with Crippen molar-refractivity contribution < 1.29 is 17.9 Å². The molecule has 0 aliphatic heterocycles. The third kappa shape index (κ3) is 3.66. The summed E-state index contributed by atoms with van der Waals surface area (Å²) in [4.78, 5) is 8.86. The molecular formula is C19H17F3N6O. The number of rotatable bonds is 5. The largest absolute Gasteiger partial charge is 0.494 e. The minimum Gasteiger partial charge on any atom is -0.494 e. The van der Waals surface area contributed by atoms with Gasteiger partial charge in [0.1, 0.15) is 11.3 Å². The molecule has 0 saturated heterocycles. The van der Waals surface area contributed by atoms with Crippen LogP contribution in [-0.4, -0.2) is 26.7 Å². The Morgan fingerprint density at radius 1 is 1.07 bits per heavy atom. The quantitative estimate of drug-likeness (QED) is 0.533. The highest BCUT2D eigenvalue weighted by molar-refractivity contribution is 5.95. The van der Waals surface area contributed by atoms with E-state index in [4.69, 9.17) is 10.5 Å². The van der Waals surface area contributed by atoms with Crippen LogP contribution in [0.1, 0.15) is 17.0 Å². The summed E-state index contributed by atoms with van der Waals surface area (Å²) in [7, 11) is 1.55. The topological polar surface area (TPSA) is 90.4 Å². The van der Waals surface area contributed by atoms with Gasteiger partial charge in [0.2, 0.25) is 5.95 Å². The highest BCUT2D eigenvalue weighted by atomic mass is 19.4. The predicted octanol–water partition coefficient (Wildman–Crippen LogP) is 3.18. The molecule has 0 bridgehead atoms. The molecule has 0 fully saturated rings. The highest BCUT2D eigenvalue weighted by Gasteiger charge is 2.29. The van der Waals surface area contributed by atoms with Crippen molar-refractivity contribution in [2.45, 2.75) is 19.3 Å². The van der Waals surface area contributed by atoms with Gasteiger partial charge in [0.05, 0.1) is 19.2 Å². The zero-order chi connectivity index (χ0) is 20.6. The van der Waals surface area contributed by atoms with Crippen molar-refractivity contribution in [2.75, 3.05) is 12.8 Å². The maximum absolute atomic E-state index is 12.6. The lowest BCUT2D eigenvalue weighted by atomic mass is 10.1. The third-order valence-corrected chi connectivity index (χ3v) is 4.45. The van der Waals surface area contributed by atoms with Crippen LogP contribution in [0.5, 0.6) is 5.75 Å². The predicted molar refractivity (Wildman–Crippen MR) is 101 cm³/mol. The third-order valence-electron chi connectivity index (χ3n) is 4.45. The molecule has 0 spiro atoms. The lowest BCUT2D eigenvalue weighted by Crippen LogP contribution is -2.14. The summed E-state index contributed by atoms with van der Waals surface area (Å²) in [6, 6.07) is 10.5. The first-order chi connectivity index (χ1) is 13.9. The molecule has 2 aromatic carbocycles. The van der Waals surface area contributed by atoms with E-state index in [1.54, 1.807) is 13.2 Å². The zero-order valence-electron chi connectivity index (χ0n) is 15.4. The summed E-state index contributed by atoms with van der Waals surface area (Å²) in [6.07, 6.45) is -4.34. The Kier molecular flexibility index (Phi) is 4.71. The molecule has 3 N–H and O–H groups in total. The summed E-state index contributed by atoms with van der Waals surface area (Å²) in [5, 5.41) is 8.23. The van der Waals surface area contributed by atoms with Crippen LogP contribution in [0, 0.1) is 0 Å². The first kappa shape index (κ1) is 18.9. The van der Waals surface area contributed by atoms with Crippen LogP contribution in [0.3, 0.4) is 0 Å². The van der Waals surface area contributed by atoms with Crippen LogP contribution >= 0.6 is 0 Å². The van der Waals surface area contributed by atoms with Gasteiger partial charge in [0.25, 0.3) is 0 Å². The number of halogens is 3. The molecule has 0 aliphatic carbocycles. The molecule has 7 nitrogen and oxygen atoms in total. The average molecular weight is 402 g/mol. The molecule has 0 amide bonds. The van der Waals surface area contributed by atoms with Gasteiger partial charge in [0, 0.05) is 11.9 Å². The first-order valence-electron chi connectivity index (χ1n) is 8.71. The van der Waals surface area contributed by atoms with Gasteiger partial charge in [-0.25, -0.2) is 9.97 Å². The van der Waals surface area contributed by atoms with Gasteiger partial charge in [-0.2, -0.15) is 17.7 Å². The summed E-state index contributed by atoms with van der Waals surface area (Å²) in [5.41, 5.74) is 7.21. The average Bonchev–Trinajstić information content (AvgIpc) is 3.12. The lowest BCUT2D eigenvalue weighted by molar-refractivity contribution is -0.137. The van der Waals surface area contributed by atoms with Crippen molar-refractivity contribution in [3.05, 3.63) is 59.4 Å². The van der Waals surface area contributed by atoms with Gasteiger partial charge in [-0.05, 0) is 29.8 Å². The molecule has 0 atom stereocenters. The maximum atomic E-state index is 12.6. The van der Waals surface area contributed by atoms with Crippen LogP contribution < -0.4 is 15.8 Å². The van der Waals surface area contributed by atoms with E-state index >= 15 is 0 Å². The van der Waals surface area contributed by atoms with E-state index in [1.165, 1.54) is 16.6 Å². The molecule has 0 unspecified atom stereocenters. The molecule has 2 heterocycles. The zero-order valence-corrected chi connectivity index (χ0v) is 15.4. The van der Waals surface area contributed by atoms with Crippen molar-refractivity contribution in [3.8, 4) is 5.75 Å². The van der Waals surface area contributed by atoms with Crippen molar-refractivity contribution in [3.63, 3.8) is 0 Å². The van der Waals surface area contributed by atoms with Crippen molar-refractivity contribution in [1.29, 1.82) is 0 Å². The first-order valence-corrected chi connectivity index (χ1v) is 8.71. The number of nitrogen functional groups attached to an aromatic ring is 1. The van der Waals surface area contributed by atoms with Crippen molar-refractivity contribution >= 4 is 22.5 Å². The number of hydrogen-bond donors (Lipinski definition) is 2. The van der Waals surface area contributed by atoms with E-state index in [1.807, 2.05) is 12.1 Å². The molecule has 10 heteroatoms. The van der Waals surface area contributed by atoms with Crippen LogP contribution in [0.15, 0.2) is 42.5 Å². The maximum Gasteiger partial charge on any atom is 0.416 e. The number of methoxy groups -OCH3 is 1. The number of ether oxygens (including phenoxy) is 1. The van der Waals surface area contributed by atoms with Crippen molar-refractivity contribution in [1.82, 2.24) is 24.9 Å². The minimum absolute atomic E-state index is 0.179. The Balaban J connectivity index is 1.53. The number of nitrogens with two attached hydrogens (primary N) is 1. The normalized spacial score (nSPS) is 12.0. The number of nitrogens with zero attached hydrogens (tertiary/aromatic N) is 4. The Hall–Kier alpha value is -3.40. The Bertz CT molecular complexity index is 1170. The SMILES string of the molecule is COc1cccc2c1nc(N)n1nc(CNCc3ccc(C(F)(F)F)cc3)nc21. The minimum atomic E-state index is -4.34. The molecule has 0 saturated carbocycles. The van der Waals surface area contributed by atoms with Crippen LogP contribution in [0.4, 0.5) is 19.1 Å². The number of fused-ring (bicyclic) bond motifs is 3. The fourth-order valence-corrected chi connectivity index (χ4v) is 3.04. The Labute approximate surface area is 163 Å². The van der Waals surface area contributed by atoms with Gasteiger partial charge >= 0.3 is 6.18 Å². The molecule has 150 valence electrons. The summed E-state index contributed by atoms with van der Waals surface area (Å²) < 4.78 is 44.7. The summed E-state index contributed by atoms with van der Waals surface area (Å²) >= 11 is 0. The molecule has 4 aromatic rings. The van der Waals surface area contributed by atoms with Crippen LogP contribution in [-0.2, 0) is 19.3 Å². The van der Waals surface area contributed by atoms with Crippen LogP contribution in [0.2, 0.25) is 0 Å². The van der Waals surface area contributed by atoms with E-state index in [0.717, 1.165) is 23.1 Å². The number of hydrogen-bond acceptors (Lipinski definition) is 6. The molecular weight excluding hydrogens is 385 g/mol. The number of anilines is 1. The fourth-order valence-electron chi connectivity index (χ4n) is 3.04. The monoisotopic (exact) mass is 402 g/mol. The molecule has 29 heavy (non-hydrogen) atoms. The number of nitrogens with one attached hydrogen (secondary N) is 1. The van der Waals surface area contributed by atoms with Gasteiger partial charge < -0.3 is 15.8 Å². The van der Waals surface area contributed by atoms with Crippen LogP contribution in [0.25, 0.3) is 16.6 Å². The van der Waals surface area contributed by atoms with E-state index < -0.39 is 11.7 Å². The number of para-hydroxylation sites is 1. The molecule has 2 aromatic heterocycles. The Morgan fingerprint density at radius 3 is 2.52 bits per heavy atom. The van der Waals surface area contributed by atoms with E-state index in [0.29, 0.717) is 35.8 Å². The Morgan fingerprint density at radius 2 is 1.83 bits per heavy atom. The van der Waals surface area contributed by atoms with E-state index in [2.05, 4.69) is 20.4 Å².